The van der Waals surface area contributed by atoms with Crippen LogP contribution in [0.25, 0.3) is 0 Å². The number of methoxy groups -OCH3 is 2. The molecule has 0 saturated carbocycles. The molecule has 0 atom stereocenters. The second-order valence-electron chi connectivity index (χ2n) is 5.24. The van der Waals surface area contributed by atoms with Gasteiger partial charge in [0.25, 0.3) is 5.91 Å². The maximum atomic E-state index is 12.0. The number of hydrogen-bond donors (Lipinski definition) is 1. The molecular weight excluding hydrogens is 326 g/mol. The minimum Gasteiger partial charge on any atom is -0.493 e. The molecule has 0 fully saturated rings. The predicted octanol–water partition coefficient (Wildman–Crippen LogP) is 2.13. The number of hydrogen-bond acceptors (Lipinski definition) is 6. The molecule has 0 radical (unpaired) electrons. The van der Waals surface area contributed by atoms with Crippen LogP contribution in [0, 0.1) is 0 Å². The number of nitrogens with one attached hydrogen (secondary N) is 1. The van der Waals surface area contributed by atoms with Crippen molar-refractivity contribution in [2.24, 2.45) is 0 Å². The van der Waals surface area contributed by atoms with Crippen molar-refractivity contribution >= 4 is 5.91 Å². The van der Waals surface area contributed by atoms with Gasteiger partial charge in [0.05, 0.1) is 14.2 Å². The van der Waals surface area contributed by atoms with E-state index >= 15 is 0 Å². The number of amides is 1. The number of benzene rings is 2. The van der Waals surface area contributed by atoms with Crippen molar-refractivity contribution in [1.82, 2.24) is 5.32 Å². The van der Waals surface area contributed by atoms with E-state index in [1.54, 1.807) is 18.2 Å². The molecular formula is C18H19NO6. The Bertz CT molecular complexity index is 739. The minimum atomic E-state index is -0.259. The van der Waals surface area contributed by atoms with E-state index in [-0.39, 0.29) is 19.3 Å². The van der Waals surface area contributed by atoms with Crippen LogP contribution in [-0.2, 0) is 11.3 Å². The fourth-order valence-corrected chi connectivity index (χ4v) is 2.40. The summed E-state index contributed by atoms with van der Waals surface area (Å²) < 4.78 is 26.6. The summed E-state index contributed by atoms with van der Waals surface area (Å²) in [6, 6.07) is 10.8. The van der Waals surface area contributed by atoms with Crippen LogP contribution in [0.4, 0.5) is 0 Å². The Morgan fingerprint density at radius 3 is 2.52 bits per heavy atom. The number of carbonyl (C=O) groups excluding carboxylic acids is 1. The summed E-state index contributed by atoms with van der Waals surface area (Å²) in [6.45, 7) is 0.433. The topological polar surface area (TPSA) is 75.3 Å². The van der Waals surface area contributed by atoms with Gasteiger partial charge in [0.1, 0.15) is 0 Å². The summed E-state index contributed by atoms with van der Waals surface area (Å²) >= 11 is 0. The zero-order valence-corrected chi connectivity index (χ0v) is 14.0. The summed E-state index contributed by atoms with van der Waals surface area (Å²) in [4.78, 5) is 12.0. The highest BCUT2D eigenvalue weighted by Gasteiger charge is 2.15. The van der Waals surface area contributed by atoms with E-state index in [1.807, 2.05) is 18.2 Å². The average Bonchev–Trinajstić information content (AvgIpc) is 3.12. The summed E-state index contributed by atoms with van der Waals surface area (Å²) in [7, 11) is 3.06. The largest absolute Gasteiger partial charge is 0.493 e. The van der Waals surface area contributed by atoms with Gasteiger partial charge in [-0.25, -0.2) is 0 Å². The van der Waals surface area contributed by atoms with Gasteiger partial charge >= 0.3 is 0 Å². The Morgan fingerprint density at radius 1 is 1.08 bits per heavy atom. The first-order chi connectivity index (χ1) is 12.2. The lowest BCUT2D eigenvalue weighted by Gasteiger charge is -2.14. The van der Waals surface area contributed by atoms with Gasteiger partial charge in [-0.2, -0.15) is 0 Å². The standard InChI is InChI=1S/C18H19NO6/c1-21-14-4-3-5-15(22-2)18(14)23-10-17(20)19-9-12-6-7-13-16(8-12)25-11-24-13/h3-8H,9-11H2,1-2H3,(H,19,20). The van der Waals surface area contributed by atoms with Crippen molar-refractivity contribution in [1.29, 1.82) is 0 Å². The van der Waals surface area contributed by atoms with Crippen LogP contribution in [0.15, 0.2) is 36.4 Å². The normalized spacial score (nSPS) is 11.8. The molecule has 0 aliphatic carbocycles. The first kappa shape index (κ1) is 16.8. The summed E-state index contributed by atoms with van der Waals surface area (Å²) in [5, 5.41) is 2.79. The highest BCUT2D eigenvalue weighted by molar-refractivity contribution is 5.77. The zero-order valence-electron chi connectivity index (χ0n) is 14.0. The summed E-state index contributed by atoms with van der Waals surface area (Å²) in [5.74, 6) is 2.53. The molecule has 0 unspecified atom stereocenters. The highest BCUT2D eigenvalue weighted by atomic mass is 16.7. The van der Waals surface area contributed by atoms with Crippen molar-refractivity contribution in [2.75, 3.05) is 27.6 Å². The SMILES string of the molecule is COc1cccc(OC)c1OCC(=O)NCc1ccc2c(c1)OCO2. The molecule has 0 spiro atoms. The summed E-state index contributed by atoms with van der Waals surface area (Å²) in [6.07, 6.45) is 0. The predicted molar refractivity (Wildman–Crippen MR) is 89.5 cm³/mol. The fraction of sp³-hybridized carbons (Fsp3) is 0.278. The lowest BCUT2D eigenvalue weighted by atomic mass is 10.2. The molecule has 2 aromatic rings. The Labute approximate surface area is 145 Å². The van der Waals surface area contributed by atoms with Crippen LogP contribution < -0.4 is 29.0 Å². The molecule has 1 aliphatic heterocycles. The molecule has 1 aliphatic rings. The molecule has 7 nitrogen and oxygen atoms in total. The lowest BCUT2D eigenvalue weighted by molar-refractivity contribution is -0.123. The van der Waals surface area contributed by atoms with E-state index in [0.717, 1.165) is 5.56 Å². The third-order valence-electron chi connectivity index (χ3n) is 3.66. The van der Waals surface area contributed by atoms with Gasteiger partial charge in [-0.15, -0.1) is 0 Å². The van der Waals surface area contributed by atoms with E-state index in [9.17, 15) is 4.79 Å². The third-order valence-corrected chi connectivity index (χ3v) is 3.66. The average molecular weight is 345 g/mol. The van der Waals surface area contributed by atoms with Gasteiger partial charge in [-0.3, -0.25) is 4.79 Å². The number of carbonyl (C=O) groups is 1. The van der Waals surface area contributed by atoms with Gasteiger partial charge in [-0.1, -0.05) is 12.1 Å². The molecule has 25 heavy (non-hydrogen) atoms. The molecule has 132 valence electrons. The van der Waals surface area contributed by atoms with Crippen molar-refractivity contribution in [3.05, 3.63) is 42.0 Å². The Kier molecular flexibility index (Phi) is 5.13. The Balaban J connectivity index is 1.55. The second-order valence-corrected chi connectivity index (χ2v) is 5.24. The number of ether oxygens (including phenoxy) is 5. The van der Waals surface area contributed by atoms with Crippen LogP contribution in [0.5, 0.6) is 28.7 Å². The molecule has 0 bridgehead atoms. The number of rotatable bonds is 7. The van der Waals surface area contributed by atoms with Crippen molar-refractivity contribution < 1.29 is 28.5 Å². The maximum Gasteiger partial charge on any atom is 0.258 e. The van der Waals surface area contributed by atoms with E-state index in [1.165, 1.54) is 14.2 Å². The van der Waals surface area contributed by atoms with E-state index < -0.39 is 0 Å². The molecule has 1 amide bonds. The second kappa shape index (κ2) is 7.65. The fourth-order valence-electron chi connectivity index (χ4n) is 2.40. The molecule has 3 rings (SSSR count). The van der Waals surface area contributed by atoms with Crippen LogP contribution in [0.3, 0.4) is 0 Å². The Hall–Kier alpha value is -3.09. The zero-order chi connectivity index (χ0) is 17.6. The molecule has 0 saturated heterocycles. The van der Waals surface area contributed by atoms with Gasteiger partial charge < -0.3 is 29.0 Å². The monoisotopic (exact) mass is 345 g/mol. The van der Waals surface area contributed by atoms with Crippen molar-refractivity contribution in [2.45, 2.75) is 6.54 Å². The first-order valence-corrected chi connectivity index (χ1v) is 7.70. The van der Waals surface area contributed by atoms with E-state index in [0.29, 0.717) is 35.3 Å². The smallest absolute Gasteiger partial charge is 0.258 e. The molecule has 7 heteroatoms. The highest BCUT2D eigenvalue weighted by Crippen LogP contribution is 2.36. The molecule has 1 N–H and O–H groups in total. The van der Waals surface area contributed by atoms with E-state index in [4.69, 9.17) is 23.7 Å². The van der Waals surface area contributed by atoms with Crippen LogP contribution in [0.2, 0.25) is 0 Å². The molecule has 1 heterocycles. The van der Waals surface area contributed by atoms with Crippen molar-refractivity contribution in [3.8, 4) is 28.7 Å². The lowest BCUT2D eigenvalue weighted by Crippen LogP contribution is -2.28. The van der Waals surface area contributed by atoms with Crippen molar-refractivity contribution in [3.63, 3.8) is 0 Å². The minimum absolute atomic E-state index is 0.152. The maximum absolute atomic E-state index is 12.0. The molecule has 2 aromatic carbocycles. The van der Waals surface area contributed by atoms with Crippen LogP contribution in [-0.4, -0.2) is 33.5 Å². The third kappa shape index (κ3) is 3.88. The Morgan fingerprint density at radius 2 is 1.80 bits per heavy atom. The number of para-hydroxylation sites is 1. The molecule has 0 aromatic heterocycles. The number of fused-ring (bicyclic) bond motifs is 1. The van der Waals surface area contributed by atoms with Crippen LogP contribution in [0.1, 0.15) is 5.56 Å². The van der Waals surface area contributed by atoms with E-state index in [2.05, 4.69) is 5.32 Å². The van der Waals surface area contributed by atoms with Gasteiger partial charge in [0.2, 0.25) is 12.5 Å². The summed E-state index contributed by atoms with van der Waals surface area (Å²) in [5.41, 5.74) is 0.910. The van der Waals surface area contributed by atoms with Gasteiger partial charge in [0.15, 0.2) is 29.6 Å². The quantitative estimate of drug-likeness (QED) is 0.829. The van der Waals surface area contributed by atoms with Crippen LogP contribution >= 0.6 is 0 Å². The first-order valence-electron chi connectivity index (χ1n) is 7.70. The van der Waals surface area contributed by atoms with Gasteiger partial charge in [-0.05, 0) is 29.8 Å². The van der Waals surface area contributed by atoms with Gasteiger partial charge in [0, 0.05) is 6.54 Å².